The zero-order chi connectivity index (χ0) is 13.3. The van der Waals surface area contributed by atoms with E-state index in [1.165, 1.54) is 11.3 Å². The molecular weight excluding hydrogens is 230 g/mol. The number of nitrogens with zero attached hydrogens (tertiary/aromatic N) is 1. The summed E-state index contributed by atoms with van der Waals surface area (Å²) in [5, 5.41) is 10.2. The highest BCUT2D eigenvalue weighted by molar-refractivity contribution is 6.09. The van der Waals surface area contributed by atoms with Crippen molar-refractivity contribution in [1.82, 2.24) is 4.90 Å². The fourth-order valence-electron chi connectivity index (χ4n) is 3.45. The van der Waals surface area contributed by atoms with Gasteiger partial charge in [0.15, 0.2) is 0 Å². The molecule has 0 unspecified atom stereocenters. The minimum Gasteiger partial charge on any atom is -0.382 e. The first-order valence-electron chi connectivity index (χ1n) is 7.14. The average molecular weight is 253 g/mol. The molecule has 2 fully saturated rings. The van der Waals surface area contributed by atoms with Crippen molar-refractivity contribution in [2.75, 3.05) is 0 Å². The molecule has 0 aromatic rings. The van der Waals surface area contributed by atoms with E-state index in [-0.39, 0.29) is 17.9 Å². The van der Waals surface area contributed by atoms with Crippen LogP contribution in [-0.2, 0) is 9.59 Å². The van der Waals surface area contributed by atoms with Crippen LogP contribution in [0.1, 0.15) is 58.8 Å². The molecule has 4 heteroatoms. The summed E-state index contributed by atoms with van der Waals surface area (Å²) < 4.78 is 0. The van der Waals surface area contributed by atoms with E-state index in [4.69, 9.17) is 0 Å². The Hall–Kier alpha value is -0.900. The summed E-state index contributed by atoms with van der Waals surface area (Å²) in [7, 11) is 0. The number of carbonyl (C=O) groups is 2. The van der Waals surface area contributed by atoms with E-state index < -0.39 is 11.5 Å². The van der Waals surface area contributed by atoms with E-state index in [2.05, 4.69) is 0 Å². The van der Waals surface area contributed by atoms with Gasteiger partial charge in [-0.05, 0) is 25.7 Å². The second-order valence-corrected chi connectivity index (χ2v) is 5.57. The predicted molar refractivity (Wildman–Crippen MR) is 67.7 cm³/mol. The summed E-state index contributed by atoms with van der Waals surface area (Å²) in [5.41, 5.74) is -0.867. The molecule has 2 rings (SSSR count). The van der Waals surface area contributed by atoms with Crippen LogP contribution in [0.3, 0.4) is 0 Å². The molecule has 18 heavy (non-hydrogen) atoms. The molecule has 1 atom stereocenters. The maximum atomic E-state index is 12.6. The van der Waals surface area contributed by atoms with Crippen molar-refractivity contribution in [1.29, 1.82) is 0 Å². The van der Waals surface area contributed by atoms with Gasteiger partial charge in [0.25, 0.3) is 5.91 Å². The fourth-order valence-corrected chi connectivity index (χ4v) is 3.45. The van der Waals surface area contributed by atoms with E-state index >= 15 is 0 Å². The normalized spacial score (nSPS) is 29.1. The summed E-state index contributed by atoms with van der Waals surface area (Å²) in [5.74, 6) is -0.507. The molecule has 0 radical (unpaired) electrons. The van der Waals surface area contributed by atoms with Gasteiger partial charge in [0.1, 0.15) is 6.10 Å². The first kappa shape index (κ1) is 13.5. The summed E-state index contributed by atoms with van der Waals surface area (Å²) in [6.07, 6.45) is 5.04. The van der Waals surface area contributed by atoms with Gasteiger partial charge in [-0.15, -0.1) is 0 Å². The second-order valence-electron chi connectivity index (χ2n) is 5.57. The maximum absolute atomic E-state index is 12.6. The molecule has 0 aromatic carbocycles. The zero-order valence-corrected chi connectivity index (χ0v) is 11.3. The minimum absolute atomic E-state index is 0.0216. The summed E-state index contributed by atoms with van der Waals surface area (Å²) >= 11 is 0. The van der Waals surface area contributed by atoms with Crippen molar-refractivity contribution in [3.63, 3.8) is 0 Å². The molecule has 4 nitrogen and oxygen atoms in total. The number of imide groups is 1. The number of rotatable bonds is 3. The molecule has 1 heterocycles. The number of aliphatic hydroxyl groups is 1. The third kappa shape index (κ3) is 1.78. The Labute approximate surface area is 108 Å². The molecule has 1 aliphatic carbocycles. The van der Waals surface area contributed by atoms with E-state index in [0.717, 1.165) is 25.7 Å². The van der Waals surface area contributed by atoms with Gasteiger partial charge in [-0.1, -0.05) is 33.1 Å². The third-order valence-corrected chi connectivity index (χ3v) is 4.84. The smallest absolute Gasteiger partial charge is 0.259 e. The molecule has 0 spiro atoms. The number of likely N-dealkylation sites (tertiary alicyclic amines) is 1. The van der Waals surface area contributed by atoms with Gasteiger partial charge >= 0.3 is 0 Å². The van der Waals surface area contributed by atoms with Crippen molar-refractivity contribution in [3.8, 4) is 0 Å². The SMILES string of the molecule is CCC1(CC)C(=O)N(C2CCCCC2)C(=O)[C@@H]1O. The highest BCUT2D eigenvalue weighted by Gasteiger charge is 2.58. The molecule has 0 aromatic heterocycles. The van der Waals surface area contributed by atoms with Crippen LogP contribution in [0.25, 0.3) is 0 Å². The molecule has 2 aliphatic rings. The first-order valence-corrected chi connectivity index (χ1v) is 7.14. The van der Waals surface area contributed by atoms with Gasteiger partial charge in [-0.25, -0.2) is 0 Å². The standard InChI is InChI=1S/C14H23NO3/c1-3-14(4-2)11(16)12(17)15(13(14)18)10-8-6-5-7-9-10/h10-11,16H,3-9H2,1-2H3/t11-/m0/s1. The monoisotopic (exact) mass is 253 g/mol. The fraction of sp³-hybridized carbons (Fsp3) is 0.857. The number of carbonyl (C=O) groups excluding carboxylic acids is 2. The third-order valence-electron chi connectivity index (χ3n) is 4.84. The second kappa shape index (κ2) is 5.00. The van der Waals surface area contributed by atoms with Gasteiger partial charge in [0, 0.05) is 6.04 Å². The van der Waals surface area contributed by atoms with Crippen LogP contribution >= 0.6 is 0 Å². The quantitative estimate of drug-likeness (QED) is 0.781. The molecular formula is C14H23NO3. The Morgan fingerprint density at radius 2 is 1.72 bits per heavy atom. The lowest BCUT2D eigenvalue weighted by Crippen LogP contribution is -2.43. The van der Waals surface area contributed by atoms with Gasteiger partial charge in [-0.2, -0.15) is 0 Å². The van der Waals surface area contributed by atoms with Crippen molar-refractivity contribution in [2.45, 2.75) is 70.9 Å². The molecule has 1 saturated heterocycles. The van der Waals surface area contributed by atoms with Crippen LogP contribution < -0.4 is 0 Å². The lowest BCUT2D eigenvalue weighted by molar-refractivity contribution is -0.145. The lowest BCUT2D eigenvalue weighted by Gasteiger charge is -2.31. The average Bonchev–Trinajstić information content (AvgIpc) is 2.59. The van der Waals surface area contributed by atoms with Crippen LogP contribution in [0.2, 0.25) is 0 Å². The number of amides is 2. The summed E-state index contributed by atoms with van der Waals surface area (Å²) in [6, 6.07) is 0.0216. The summed E-state index contributed by atoms with van der Waals surface area (Å²) in [6.45, 7) is 3.75. The zero-order valence-electron chi connectivity index (χ0n) is 11.3. The highest BCUT2D eigenvalue weighted by atomic mass is 16.3. The molecule has 1 saturated carbocycles. The predicted octanol–water partition coefficient (Wildman–Crippen LogP) is 1.86. The van der Waals surface area contributed by atoms with Gasteiger partial charge < -0.3 is 5.11 Å². The van der Waals surface area contributed by atoms with Crippen LogP contribution in [0, 0.1) is 5.41 Å². The van der Waals surface area contributed by atoms with E-state index in [9.17, 15) is 14.7 Å². The van der Waals surface area contributed by atoms with Crippen molar-refractivity contribution in [3.05, 3.63) is 0 Å². The Morgan fingerprint density at radius 3 is 2.17 bits per heavy atom. The van der Waals surface area contributed by atoms with Crippen LogP contribution in [0.15, 0.2) is 0 Å². The number of hydrogen-bond acceptors (Lipinski definition) is 3. The van der Waals surface area contributed by atoms with Crippen LogP contribution in [0.5, 0.6) is 0 Å². The molecule has 2 amide bonds. The number of hydrogen-bond donors (Lipinski definition) is 1. The van der Waals surface area contributed by atoms with Crippen molar-refractivity contribution < 1.29 is 14.7 Å². The van der Waals surface area contributed by atoms with Crippen molar-refractivity contribution >= 4 is 11.8 Å². The van der Waals surface area contributed by atoms with Gasteiger partial charge in [0.05, 0.1) is 5.41 Å². The Kier molecular flexibility index (Phi) is 3.76. The maximum Gasteiger partial charge on any atom is 0.259 e. The van der Waals surface area contributed by atoms with Gasteiger partial charge in [-0.3, -0.25) is 14.5 Å². The first-order chi connectivity index (χ1) is 8.58. The molecule has 0 bridgehead atoms. The van der Waals surface area contributed by atoms with Crippen LogP contribution in [-0.4, -0.2) is 34.0 Å². The Balaban J connectivity index is 2.27. The minimum atomic E-state index is -1.14. The topological polar surface area (TPSA) is 57.6 Å². The molecule has 1 aliphatic heterocycles. The molecule has 102 valence electrons. The van der Waals surface area contributed by atoms with E-state index in [1.807, 2.05) is 13.8 Å². The Morgan fingerprint density at radius 1 is 1.17 bits per heavy atom. The summed E-state index contributed by atoms with van der Waals surface area (Å²) in [4.78, 5) is 26.1. The Bertz CT molecular complexity index is 343. The van der Waals surface area contributed by atoms with E-state index in [1.54, 1.807) is 0 Å². The largest absolute Gasteiger partial charge is 0.382 e. The lowest BCUT2D eigenvalue weighted by atomic mass is 9.78. The van der Waals surface area contributed by atoms with Gasteiger partial charge in [0.2, 0.25) is 5.91 Å². The van der Waals surface area contributed by atoms with E-state index in [0.29, 0.717) is 12.8 Å². The van der Waals surface area contributed by atoms with Crippen LogP contribution in [0.4, 0.5) is 0 Å². The number of aliphatic hydroxyl groups excluding tert-OH is 1. The van der Waals surface area contributed by atoms with Crippen molar-refractivity contribution in [2.24, 2.45) is 5.41 Å². The highest BCUT2D eigenvalue weighted by Crippen LogP contribution is 2.42. The molecule has 1 N–H and O–H groups in total.